The number of nitrogens with zero attached hydrogens (tertiary/aromatic N) is 1. The fourth-order valence-corrected chi connectivity index (χ4v) is 3.30. The van der Waals surface area contributed by atoms with Crippen LogP contribution in [0.3, 0.4) is 0 Å². The van der Waals surface area contributed by atoms with Crippen LogP contribution in [0.1, 0.15) is 31.2 Å². The molecular weight excluding hydrogens is 250 g/mol. The Bertz CT molecular complexity index is 521. The Morgan fingerprint density at radius 3 is 2.70 bits per heavy atom. The molecule has 0 saturated heterocycles. The predicted molar refractivity (Wildman–Crippen MR) is 78.2 cm³/mol. The number of methoxy groups -OCH3 is 1. The molecule has 0 N–H and O–H groups in total. The largest absolute Gasteiger partial charge is 0.357 e. The molecule has 0 radical (unpaired) electrons. The number of ether oxygens (including phenoxy) is 1. The molecule has 0 bridgehead atoms. The summed E-state index contributed by atoms with van der Waals surface area (Å²) in [7, 11) is 1.71. The van der Waals surface area contributed by atoms with Gasteiger partial charge in [0, 0.05) is 19.2 Å². The maximum absolute atomic E-state index is 12.5. The molecule has 1 aromatic rings. The molecular formula is C17H21NO2. The Morgan fingerprint density at radius 2 is 1.95 bits per heavy atom. The van der Waals surface area contributed by atoms with Crippen LogP contribution in [-0.4, -0.2) is 30.7 Å². The van der Waals surface area contributed by atoms with E-state index in [-0.39, 0.29) is 12.1 Å². The summed E-state index contributed by atoms with van der Waals surface area (Å²) in [5, 5.41) is 0. The van der Waals surface area contributed by atoms with Gasteiger partial charge in [0.05, 0.1) is 0 Å². The molecule has 20 heavy (non-hydrogen) atoms. The summed E-state index contributed by atoms with van der Waals surface area (Å²) < 4.78 is 5.60. The number of hydrogen-bond donors (Lipinski definition) is 0. The number of amides is 1. The molecule has 0 fully saturated rings. The van der Waals surface area contributed by atoms with Crippen molar-refractivity contribution >= 4 is 5.91 Å². The lowest BCUT2D eigenvalue weighted by Crippen LogP contribution is -2.38. The van der Waals surface area contributed by atoms with Crippen molar-refractivity contribution in [2.45, 2.75) is 38.3 Å². The Hall–Kier alpha value is -1.61. The first kappa shape index (κ1) is 13.4. The van der Waals surface area contributed by atoms with Gasteiger partial charge in [-0.1, -0.05) is 30.3 Å². The molecule has 1 aliphatic carbocycles. The van der Waals surface area contributed by atoms with Crippen LogP contribution in [0.15, 0.2) is 41.5 Å². The summed E-state index contributed by atoms with van der Waals surface area (Å²) in [5.41, 5.74) is 3.52. The Morgan fingerprint density at radius 1 is 1.20 bits per heavy atom. The zero-order valence-corrected chi connectivity index (χ0v) is 12.0. The average Bonchev–Trinajstić information content (AvgIpc) is 2.78. The molecule has 3 nitrogen and oxygen atoms in total. The van der Waals surface area contributed by atoms with Crippen molar-refractivity contribution < 1.29 is 9.53 Å². The highest BCUT2D eigenvalue weighted by molar-refractivity contribution is 5.97. The van der Waals surface area contributed by atoms with Crippen molar-refractivity contribution in [2.24, 2.45) is 0 Å². The monoisotopic (exact) mass is 271 g/mol. The fraction of sp³-hybridized carbons (Fsp3) is 0.471. The molecule has 1 amide bonds. The number of carbonyl (C=O) groups excluding carboxylic acids is 1. The van der Waals surface area contributed by atoms with E-state index >= 15 is 0 Å². The highest BCUT2D eigenvalue weighted by Crippen LogP contribution is 2.36. The fourth-order valence-electron chi connectivity index (χ4n) is 3.30. The topological polar surface area (TPSA) is 29.5 Å². The van der Waals surface area contributed by atoms with Crippen LogP contribution in [0.4, 0.5) is 0 Å². The molecule has 1 atom stereocenters. The van der Waals surface area contributed by atoms with Crippen LogP contribution in [0, 0.1) is 0 Å². The molecule has 1 heterocycles. The molecule has 3 rings (SSSR count). The molecule has 106 valence electrons. The summed E-state index contributed by atoms with van der Waals surface area (Å²) in [5.74, 6) is 0.197. The minimum Gasteiger partial charge on any atom is -0.357 e. The molecule has 0 saturated carbocycles. The van der Waals surface area contributed by atoms with E-state index in [9.17, 15) is 4.79 Å². The SMILES string of the molecule is CO[C@H]1C2=C(CCCC2)C(=O)N1CCc1ccccc1. The van der Waals surface area contributed by atoms with Gasteiger partial charge in [-0.25, -0.2) is 0 Å². The number of hydrogen-bond acceptors (Lipinski definition) is 2. The molecule has 2 aliphatic rings. The lowest BCUT2D eigenvalue weighted by atomic mass is 9.93. The number of benzene rings is 1. The van der Waals surface area contributed by atoms with Crippen LogP contribution in [0.2, 0.25) is 0 Å². The summed E-state index contributed by atoms with van der Waals surface area (Å²) in [6.07, 6.45) is 5.01. The Balaban J connectivity index is 1.72. The van der Waals surface area contributed by atoms with Crippen molar-refractivity contribution in [2.75, 3.05) is 13.7 Å². The minimum absolute atomic E-state index is 0.124. The van der Waals surface area contributed by atoms with Crippen molar-refractivity contribution in [3.05, 3.63) is 47.0 Å². The summed E-state index contributed by atoms with van der Waals surface area (Å²) in [6.45, 7) is 0.731. The quantitative estimate of drug-likeness (QED) is 0.842. The van der Waals surface area contributed by atoms with E-state index in [2.05, 4.69) is 12.1 Å². The van der Waals surface area contributed by atoms with Gasteiger partial charge in [-0.15, -0.1) is 0 Å². The number of carbonyl (C=O) groups is 1. The Labute approximate surface area is 120 Å². The van der Waals surface area contributed by atoms with Crippen molar-refractivity contribution in [3.63, 3.8) is 0 Å². The van der Waals surface area contributed by atoms with Gasteiger partial charge < -0.3 is 9.64 Å². The lowest BCUT2D eigenvalue weighted by molar-refractivity contribution is -0.133. The van der Waals surface area contributed by atoms with Crippen molar-refractivity contribution in [1.29, 1.82) is 0 Å². The summed E-state index contributed by atoms with van der Waals surface area (Å²) in [4.78, 5) is 14.4. The third-order valence-corrected chi connectivity index (χ3v) is 4.32. The first-order valence-electron chi connectivity index (χ1n) is 7.41. The van der Waals surface area contributed by atoms with Crippen molar-refractivity contribution in [3.8, 4) is 0 Å². The maximum atomic E-state index is 12.5. The minimum atomic E-state index is -0.124. The summed E-state index contributed by atoms with van der Waals surface area (Å²) in [6, 6.07) is 10.3. The van der Waals surface area contributed by atoms with Gasteiger partial charge in [-0.05, 0) is 43.2 Å². The highest BCUT2D eigenvalue weighted by Gasteiger charge is 2.39. The van der Waals surface area contributed by atoms with Gasteiger partial charge in [0.1, 0.15) is 0 Å². The van der Waals surface area contributed by atoms with E-state index in [1.807, 2.05) is 23.1 Å². The molecule has 3 heteroatoms. The van der Waals surface area contributed by atoms with Gasteiger partial charge in [0.15, 0.2) is 6.23 Å². The van der Waals surface area contributed by atoms with Gasteiger partial charge in [-0.3, -0.25) is 4.79 Å². The van der Waals surface area contributed by atoms with E-state index in [1.54, 1.807) is 7.11 Å². The molecule has 0 aromatic heterocycles. The molecule has 1 aromatic carbocycles. The van der Waals surface area contributed by atoms with Crippen LogP contribution in [0.5, 0.6) is 0 Å². The van der Waals surface area contributed by atoms with Gasteiger partial charge in [0.25, 0.3) is 5.91 Å². The van der Waals surface area contributed by atoms with Gasteiger partial charge in [0.2, 0.25) is 0 Å². The molecule has 0 spiro atoms. The first-order chi connectivity index (χ1) is 9.81. The van der Waals surface area contributed by atoms with Gasteiger partial charge in [-0.2, -0.15) is 0 Å². The highest BCUT2D eigenvalue weighted by atomic mass is 16.5. The smallest absolute Gasteiger partial charge is 0.252 e. The van der Waals surface area contributed by atoms with Gasteiger partial charge >= 0.3 is 0 Å². The zero-order valence-electron chi connectivity index (χ0n) is 12.0. The first-order valence-corrected chi connectivity index (χ1v) is 7.41. The van der Waals surface area contributed by atoms with Crippen LogP contribution in [0.25, 0.3) is 0 Å². The summed E-state index contributed by atoms with van der Waals surface area (Å²) >= 11 is 0. The number of rotatable bonds is 4. The van der Waals surface area contributed by atoms with E-state index < -0.39 is 0 Å². The zero-order chi connectivity index (χ0) is 13.9. The molecule has 0 unspecified atom stereocenters. The Kier molecular flexibility index (Phi) is 3.88. The predicted octanol–water partition coefficient (Wildman–Crippen LogP) is 2.91. The standard InChI is InChI=1S/C17H21NO2/c1-20-17-15-10-6-5-9-14(15)16(19)18(17)12-11-13-7-3-2-4-8-13/h2-4,7-8,17H,5-6,9-12H2,1H3/t17-/m0/s1. The normalized spacial score (nSPS) is 22.4. The second kappa shape index (κ2) is 5.80. The second-order valence-corrected chi connectivity index (χ2v) is 5.53. The van der Waals surface area contributed by atoms with Crippen LogP contribution in [-0.2, 0) is 16.0 Å². The maximum Gasteiger partial charge on any atom is 0.252 e. The van der Waals surface area contributed by atoms with E-state index in [0.29, 0.717) is 0 Å². The average molecular weight is 271 g/mol. The van der Waals surface area contributed by atoms with Crippen LogP contribution >= 0.6 is 0 Å². The molecule has 1 aliphatic heterocycles. The third kappa shape index (κ3) is 2.38. The van der Waals surface area contributed by atoms with E-state index in [4.69, 9.17) is 4.74 Å². The third-order valence-electron chi connectivity index (χ3n) is 4.32. The second-order valence-electron chi connectivity index (χ2n) is 5.53. The lowest BCUT2D eigenvalue weighted by Gasteiger charge is -2.26. The van der Waals surface area contributed by atoms with E-state index in [1.165, 1.54) is 17.6 Å². The van der Waals surface area contributed by atoms with E-state index in [0.717, 1.165) is 37.8 Å². The van der Waals surface area contributed by atoms with Crippen LogP contribution < -0.4 is 0 Å². The van der Waals surface area contributed by atoms with Crippen molar-refractivity contribution in [1.82, 2.24) is 4.90 Å².